The van der Waals surface area contributed by atoms with E-state index in [4.69, 9.17) is 28.4 Å². The molecule has 10 nitrogen and oxygen atoms in total. The van der Waals surface area contributed by atoms with E-state index < -0.39 is 0 Å². The number of nitrogens with one attached hydrogen (secondary N) is 1. The summed E-state index contributed by atoms with van der Waals surface area (Å²) < 4.78 is 35.2. The van der Waals surface area contributed by atoms with Crippen LogP contribution in [-0.2, 0) is 30.3 Å². The van der Waals surface area contributed by atoms with Gasteiger partial charge in [-0.1, -0.05) is 18.2 Å². The van der Waals surface area contributed by atoms with Crippen molar-refractivity contribution >= 4 is 11.6 Å². The van der Waals surface area contributed by atoms with Crippen molar-refractivity contribution in [1.82, 2.24) is 10.2 Å². The number of ether oxygens (including phenoxy) is 6. The van der Waals surface area contributed by atoms with Crippen molar-refractivity contribution < 1.29 is 33.2 Å². The maximum absolute atomic E-state index is 12.8. The maximum atomic E-state index is 12.8. The van der Waals surface area contributed by atoms with Crippen molar-refractivity contribution in [2.45, 2.75) is 50.4 Å². The van der Waals surface area contributed by atoms with Crippen LogP contribution in [0.25, 0.3) is 0 Å². The van der Waals surface area contributed by atoms with Crippen molar-refractivity contribution in [2.75, 3.05) is 91.4 Å². The second kappa shape index (κ2) is 17.0. The van der Waals surface area contributed by atoms with Gasteiger partial charge in [-0.15, -0.1) is 0 Å². The molecule has 0 saturated carbocycles. The highest BCUT2D eigenvalue weighted by Crippen LogP contribution is 2.35. The lowest BCUT2D eigenvalue weighted by Crippen LogP contribution is -2.51. The Morgan fingerprint density at radius 2 is 1.66 bits per heavy atom. The van der Waals surface area contributed by atoms with E-state index in [0.717, 1.165) is 86.8 Å². The van der Waals surface area contributed by atoms with Crippen LogP contribution in [0, 0.1) is 0 Å². The maximum Gasteiger partial charge on any atom is 0.248 e. The number of piperidine rings is 1. The van der Waals surface area contributed by atoms with Gasteiger partial charge in [0.05, 0.1) is 37.7 Å². The molecule has 3 atom stereocenters. The van der Waals surface area contributed by atoms with Crippen LogP contribution >= 0.6 is 0 Å². The molecule has 0 aliphatic carbocycles. The molecule has 3 aliphatic rings. The lowest BCUT2D eigenvalue weighted by molar-refractivity contribution is -0.139. The molecule has 44 heavy (non-hydrogen) atoms. The summed E-state index contributed by atoms with van der Waals surface area (Å²) >= 11 is 0. The number of likely N-dealkylation sites (tertiary alicyclic amines) is 1. The zero-order chi connectivity index (χ0) is 30.6. The summed E-state index contributed by atoms with van der Waals surface area (Å²) in [5.74, 6) is 1.76. The predicted octanol–water partition coefficient (Wildman–Crippen LogP) is 3.62. The number of fused-ring (bicyclic) bond motifs is 1. The fourth-order valence-electron chi connectivity index (χ4n) is 6.27. The highest BCUT2D eigenvalue weighted by atomic mass is 16.5. The van der Waals surface area contributed by atoms with E-state index in [1.807, 2.05) is 23.1 Å². The Balaban J connectivity index is 1.28. The molecule has 2 aromatic rings. The molecule has 0 radical (unpaired) electrons. The molecule has 0 aromatic heterocycles. The van der Waals surface area contributed by atoms with Crippen LogP contribution in [-0.4, -0.2) is 110 Å². The average Bonchev–Trinajstić information content (AvgIpc) is 3.61. The zero-order valence-electron chi connectivity index (χ0n) is 26.3. The standard InChI is InChI=1S/C34H49N3O7/c1-39-17-5-15-36-16-20-42-30-12-7-26(21-29(30)36)24-43-31-22-35-23-32(44-25-33(38)37-13-3-4-14-37)34(31)27-8-10-28(11-9-27)41-19-6-18-40-2/h7-12,21,31-32,34-35H,3-6,13-20,22-25H2,1-2H3/t31-,32+,34+/m0/s1. The second-order valence-electron chi connectivity index (χ2n) is 11.7. The Labute approximate surface area is 261 Å². The molecular formula is C34H49N3O7. The largest absolute Gasteiger partial charge is 0.494 e. The van der Waals surface area contributed by atoms with Crippen LogP contribution in [0.2, 0.25) is 0 Å². The number of benzene rings is 2. The summed E-state index contributed by atoms with van der Waals surface area (Å²) in [4.78, 5) is 17.1. The van der Waals surface area contributed by atoms with E-state index in [1.165, 1.54) is 0 Å². The molecule has 10 heteroatoms. The van der Waals surface area contributed by atoms with Crippen LogP contribution in [0.4, 0.5) is 5.69 Å². The molecule has 1 N–H and O–H groups in total. The quantitative estimate of drug-likeness (QED) is 0.286. The SMILES string of the molecule is COCCCOc1ccc([C@@H]2[C@@H](OCc3ccc4c(c3)N(CCCOC)CCO4)CNC[C@H]2OCC(=O)N2CCCC2)cc1. The number of hydrogen-bond acceptors (Lipinski definition) is 9. The molecule has 1 amide bonds. The average molecular weight is 612 g/mol. The van der Waals surface area contributed by atoms with Crippen LogP contribution in [0.15, 0.2) is 42.5 Å². The molecule has 3 heterocycles. The number of carbonyl (C=O) groups is 1. The predicted molar refractivity (Wildman–Crippen MR) is 169 cm³/mol. The zero-order valence-corrected chi connectivity index (χ0v) is 26.3. The first kappa shape index (κ1) is 32.5. The van der Waals surface area contributed by atoms with Gasteiger partial charge < -0.3 is 43.5 Å². The van der Waals surface area contributed by atoms with Crippen molar-refractivity contribution in [3.8, 4) is 11.5 Å². The molecule has 2 fully saturated rings. The van der Waals surface area contributed by atoms with E-state index in [9.17, 15) is 4.79 Å². The molecule has 0 spiro atoms. The van der Waals surface area contributed by atoms with Gasteiger partial charge in [-0.25, -0.2) is 0 Å². The molecule has 2 saturated heterocycles. The topological polar surface area (TPSA) is 91.0 Å². The summed E-state index contributed by atoms with van der Waals surface area (Å²) in [7, 11) is 3.44. The van der Waals surface area contributed by atoms with Gasteiger partial charge in [0.2, 0.25) is 5.91 Å². The first-order chi connectivity index (χ1) is 21.7. The molecule has 5 rings (SSSR count). The normalized spacial score (nSPS) is 21.6. The highest BCUT2D eigenvalue weighted by Gasteiger charge is 2.37. The number of anilines is 1. The minimum absolute atomic E-state index is 0.0447. The summed E-state index contributed by atoms with van der Waals surface area (Å²) in [5, 5.41) is 3.50. The van der Waals surface area contributed by atoms with E-state index in [0.29, 0.717) is 39.5 Å². The monoisotopic (exact) mass is 611 g/mol. The Bertz CT molecular complexity index is 1160. The number of nitrogens with zero attached hydrogens (tertiary/aromatic N) is 2. The van der Waals surface area contributed by atoms with E-state index in [1.54, 1.807) is 14.2 Å². The van der Waals surface area contributed by atoms with Gasteiger partial charge in [-0.3, -0.25) is 4.79 Å². The van der Waals surface area contributed by atoms with Crippen LogP contribution in [0.5, 0.6) is 11.5 Å². The smallest absolute Gasteiger partial charge is 0.248 e. The van der Waals surface area contributed by atoms with Gasteiger partial charge in [0.25, 0.3) is 0 Å². The molecule has 2 aromatic carbocycles. The number of rotatable bonds is 16. The van der Waals surface area contributed by atoms with Crippen molar-refractivity contribution in [3.63, 3.8) is 0 Å². The van der Waals surface area contributed by atoms with Crippen LogP contribution in [0.3, 0.4) is 0 Å². The van der Waals surface area contributed by atoms with Crippen molar-refractivity contribution in [2.24, 2.45) is 0 Å². The third kappa shape index (κ3) is 8.85. The van der Waals surface area contributed by atoms with E-state index >= 15 is 0 Å². The first-order valence-electron chi connectivity index (χ1n) is 16.1. The third-order valence-corrected chi connectivity index (χ3v) is 8.62. The molecular weight excluding hydrogens is 562 g/mol. The van der Waals surface area contributed by atoms with Gasteiger partial charge in [-0.2, -0.15) is 0 Å². The summed E-state index contributed by atoms with van der Waals surface area (Å²) in [6, 6.07) is 14.5. The molecule has 0 unspecified atom stereocenters. The Hall–Kier alpha value is -2.89. The minimum Gasteiger partial charge on any atom is -0.494 e. The number of carbonyl (C=O) groups excluding carboxylic acids is 1. The van der Waals surface area contributed by atoms with Crippen molar-refractivity contribution in [3.05, 3.63) is 53.6 Å². The second-order valence-corrected chi connectivity index (χ2v) is 11.7. The number of hydrogen-bond donors (Lipinski definition) is 1. The minimum atomic E-state index is -0.206. The number of amides is 1. The lowest BCUT2D eigenvalue weighted by Gasteiger charge is -2.39. The highest BCUT2D eigenvalue weighted by molar-refractivity contribution is 5.77. The summed E-state index contributed by atoms with van der Waals surface area (Å²) in [6.07, 6.45) is 3.58. The molecule has 3 aliphatic heterocycles. The van der Waals surface area contributed by atoms with Crippen LogP contribution < -0.4 is 19.7 Å². The van der Waals surface area contributed by atoms with Gasteiger partial charge in [-0.05, 0) is 54.7 Å². The first-order valence-corrected chi connectivity index (χ1v) is 16.1. The summed E-state index contributed by atoms with van der Waals surface area (Å²) in [6.45, 7) is 8.00. The fraction of sp³-hybridized carbons (Fsp3) is 0.618. The van der Waals surface area contributed by atoms with Gasteiger partial charge in [0.1, 0.15) is 24.7 Å². The fourth-order valence-corrected chi connectivity index (χ4v) is 6.27. The van der Waals surface area contributed by atoms with Gasteiger partial charge >= 0.3 is 0 Å². The Kier molecular flexibility index (Phi) is 12.5. The van der Waals surface area contributed by atoms with E-state index in [-0.39, 0.29) is 30.6 Å². The van der Waals surface area contributed by atoms with E-state index in [2.05, 4.69) is 34.5 Å². The summed E-state index contributed by atoms with van der Waals surface area (Å²) in [5.41, 5.74) is 3.31. The lowest BCUT2D eigenvalue weighted by atomic mass is 9.85. The van der Waals surface area contributed by atoms with Gasteiger partial charge in [0, 0.05) is 72.5 Å². The Morgan fingerprint density at radius 1 is 0.909 bits per heavy atom. The third-order valence-electron chi connectivity index (χ3n) is 8.62. The Morgan fingerprint density at radius 3 is 2.43 bits per heavy atom. The molecule has 242 valence electrons. The van der Waals surface area contributed by atoms with Crippen LogP contribution in [0.1, 0.15) is 42.7 Å². The number of methoxy groups -OCH3 is 2. The van der Waals surface area contributed by atoms with Gasteiger partial charge in [0.15, 0.2) is 0 Å². The van der Waals surface area contributed by atoms with Crippen molar-refractivity contribution in [1.29, 1.82) is 0 Å². The molecule has 0 bridgehead atoms.